The summed E-state index contributed by atoms with van der Waals surface area (Å²) in [6, 6.07) is 6.26. The number of benzene rings is 1. The largest absolute Gasteiger partial charge is 0.451 e. The van der Waals surface area contributed by atoms with Crippen molar-refractivity contribution in [2.45, 2.75) is 27.2 Å². The van der Waals surface area contributed by atoms with E-state index in [-0.39, 0.29) is 30.1 Å². The molecule has 0 fully saturated rings. The van der Waals surface area contributed by atoms with Gasteiger partial charge in [-0.05, 0) is 12.1 Å². The Morgan fingerprint density at radius 2 is 1.52 bits per heavy atom. The third kappa shape index (κ3) is 8.77. The van der Waals surface area contributed by atoms with Crippen LogP contribution in [0, 0.1) is 12.0 Å². The number of carbonyl (C=O) groups excluding carboxylic acids is 3. The smallest absolute Gasteiger partial charge is 0.296 e. The van der Waals surface area contributed by atoms with Crippen LogP contribution in [0.2, 0.25) is 0 Å². The molecule has 0 atom stereocenters. The molecule has 0 aliphatic carbocycles. The van der Waals surface area contributed by atoms with E-state index in [1.807, 2.05) is 20.8 Å². The number of ketones is 1. The van der Waals surface area contributed by atoms with Crippen molar-refractivity contribution < 1.29 is 33.3 Å². The lowest BCUT2D eigenvalue weighted by Crippen LogP contribution is -2.35. The molecule has 1 aliphatic heterocycles. The minimum absolute atomic E-state index is 0.0666. The van der Waals surface area contributed by atoms with Crippen molar-refractivity contribution in [2.24, 2.45) is 5.41 Å². The van der Waals surface area contributed by atoms with Crippen LogP contribution in [0.5, 0.6) is 5.75 Å². The zero-order valence-corrected chi connectivity index (χ0v) is 19.3. The Hall–Kier alpha value is -3.06. The maximum atomic E-state index is 12.4. The van der Waals surface area contributed by atoms with Crippen LogP contribution in [0.1, 0.15) is 27.2 Å². The Morgan fingerprint density at radius 3 is 2.09 bits per heavy atom. The van der Waals surface area contributed by atoms with Gasteiger partial charge in [0.2, 0.25) is 0 Å². The van der Waals surface area contributed by atoms with Gasteiger partial charge in [-0.2, -0.15) is 0 Å². The highest BCUT2D eigenvalue weighted by molar-refractivity contribution is 6.15. The predicted octanol–water partition coefficient (Wildman–Crippen LogP) is 2.92. The third-order valence-electron chi connectivity index (χ3n) is 4.68. The summed E-state index contributed by atoms with van der Waals surface area (Å²) < 4.78 is 21.7. The van der Waals surface area contributed by atoms with Crippen molar-refractivity contribution >= 4 is 23.3 Å². The molecule has 0 radical (unpaired) electrons. The molecule has 1 aliphatic rings. The van der Waals surface area contributed by atoms with E-state index in [2.05, 4.69) is 4.85 Å². The van der Waals surface area contributed by atoms with Crippen molar-refractivity contribution in [3.63, 3.8) is 0 Å². The van der Waals surface area contributed by atoms with Crippen molar-refractivity contribution in [1.82, 2.24) is 4.90 Å². The number of imide groups is 1. The Bertz CT molecular complexity index is 895. The van der Waals surface area contributed by atoms with Gasteiger partial charge < -0.3 is 18.9 Å². The summed E-state index contributed by atoms with van der Waals surface area (Å²) in [5, 5.41) is 0. The first-order valence-electron chi connectivity index (χ1n) is 10.7. The zero-order chi connectivity index (χ0) is 24.3. The first-order valence-corrected chi connectivity index (χ1v) is 10.7. The molecular weight excluding hydrogens is 428 g/mol. The van der Waals surface area contributed by atoms with Gasteiger partial charge in [-0.1, -0.05) is 32.9 Å². The number of amides is 2. The van der Waals surface area contributed by atoms with Crippen molar-refractivity contribution in [1.29, 1.82) is 0 Å². The second kappa shape index (κ2) is 12.8. The molecule has 0 spiro atoms. The van der Waals surface area contributed by atoms with E-state index in [4.69, 9.17) is 25.5 Å². The van der Waals surface area contributed by atoms with Crippen LogP contribution in [-0.4, -0.2) is 68.7 Å². The highest BCUT2D eigenvalue weighted by atomic mass is 16.5. The predicted molar refractivity (Wildman–Crippen MR) is 120 cm³/mol. The van der Waals surface area contributed by atoms with Gasteiger partial charge in [-0.25, -0.2) is 4.85 Å². The van der Waals surface area contributed by atoms with Crippen LogP contribution in [-0.2, 0) is 28.6 Å². The molecule has 0 saturated heterocycles. The lowest BCUT2D eigenvalue weighted by Gasteiger charge is -2.16. The van der Waals surface area contributed by atoms with Crippen LogP contribution in [0.4, 0.5) is 5.69 Å². The van der Waals surface area contributed by atoms with Crippen LogP contribution in [0.15, 0.2) is 36.1 Å². The van der Waals surface area contributed by atoms with Crippen LogP contribution in [0.3, 0.4) is 0 Å². The van der Waals surface area contributed by atoms with E-state index in [0.29, 0.717) is 50.9 Å². The summed E-state index contributed by atoms with van der Waals surface area (Å²) in [7, 11) is 0. The van der Waals surface area contributed by atoms with Gasteiger partial charge in [0.25, 0.3) is 11.8 Å². The number of nitrogens with zero attached hydrogens (tertiary/aromatic N) is 2. The van der Waals surface area contributed by atoms with E-state index >= 15 is 0 Å². The summed E-state index contributed by atoms with van der Waals surface area (Å²) in [5.74, 6) is -0.528. The molecular formula is C24H30N2O7. The van der Waals surface area contributed by atoms with Gasteiger partial charge in [0, 0.05) is 11.8 Å². The van der Waals surface area contributed by atoms with E-state index < -0.39 is 11.8 Å². The molecule has 9 nitrogen and oxygen atoms in total. The molecule has 2 rings (SSSR count). The van der Waals surface area contributed by atoms with Crippen LogP contribution < -0.4 is 4.74 Å². The van der Waals surface area contributed by atoms with E-state index in [0.717, 1.165) is 11.0 Å². The number of ether oxygens (including phenoxy) is 4. The molecule has 0 N–H and O–H groups in total. The number of hydrogen-bond acceptors (Lipinski definition) is 7. The molecule has 2 amide bonds. The number of rotatable bonds is 14. The summed E-state index contributed by atoms with van der Waals surface area (Å²) in [6.07, 6.45) is 1.53. The molecule has 0 aromatic heterocycles. The molecule has 1 aromatic carbocycles. The number of hydrogen-bond donors (Lipinski definition) is 0. The molecule has 33 heavy (non-hydrogen) atoms. The molecule has 1 aromatic rings. The first kappa shape index (κ1) is 26.2. The van der Waals surface area contributed by atoms with E-state index in [1.54, 1.807) is 24.3 Å². The van der Waals surface area contributed by atoms with Crippen molar-refractivity contribution in [2.75, 3.05) is 46.2 Å². The minimum Gasteiger partial charge on any atom is -0.451 e. The molecule has 178 valence electrons. The second-order valence-electron chi connectivity index (χ2n) is 8.27. The van der Waals surface area contributed by atoms with Gasteiger partial charge in [0.1, 0.15) is 11.5 Å². The minimum atomic E-state index is -0.531. The molecule has 0 unspecified atom stereocenters. The Balaban J connectivity index is 1.53. The Kier molecular flexibility index (Phi) is 10.2. The Morgan fingerprint density at radius 1 is 0.939 bits per heavy atom. The van der Waals surface area contributed by atoms with Gasteiger partial charge in [0.15, 0.2) is 11.4 Å². The maximum absolute atomic E-state index is 12.4. The SMILES string of the molecule is [C-]#[N+]c1ccc(OC2=CC(=O)N(CCOCCOCCOCCC(=O)C(C)(C)C)C2=O)cc1. The molecule has 0 bridgehead atoms. The quantitative estimate of drug-likeness (QED) is 0.240. The number of Topliss-reactive ketones (excluding diaryl/α,β-unsaturated/α-hetero) is 1. The summed E-state index contributed by atoms with van der Waals surface area (Å²) in [6.45, 7) is 14.7. The highest BCUT2D eigenvalue weighted by Crippen LogP contribution is 2.22. The van der Waals surface area contributed by atoms with Gasteiger partial charge in [-0.15, -0.1) is 0 Å². The molecule has 0 saturated carbocycles. The summed E-state index contributed by atoms with van der Waals surface area (Å²) in [5.41, 5.74) is 0.103. The average Bonchev–Trinajstić information content (AvgIpc) is 3.04. The topological polar surface area (TPSA) is 95.7 Å². The summed E-state index contributed by atoms with van der Waals surface area (Å²) >= 11 is 0. The lowest BCUT2D eigenvalue weighted by molar-refractivity contribution is -0.139. The Labute approximate surface area is 194 Å². The zero-order valence-electron chi connectivity index (χ0n) is 19.3. The van der Waals surface area contributed by atoms with Crippen LogP contribution >= 0.6 is 0 Å². The standard InChI is InChI=1S/C24H30N2O7/c1-24(2,3)21(27)9-11-30-13-15-32-16-14-31-12-10-26-22(28)17-20(23(26)29)33-19-7-5-18(25-4)6-8-19/h5-8,17H,9-16H2,1-3H3. The monoisotopic (exact) mass is 458 g/mol. The van der Waals surface area contributed by atoms with Gasteiger partial charge in [0.05, 0.1) is 58.8 Å². The fourth-order valence-corrected chi connectivity index (χ4v) is 2.72. The molecule has 1 heterocycles. The van der Waals surface area contributed by atoms with E-state index in [9.17, 15) is 14.4 Å². The average molecular weight is 459 g/mol. The summed E-state index contributed by atoms with van der Waals surface area (Å²) in [4.78, 5) is 40.5. The normalized spacial score (nSPS) is 13.8. The van der Waals surface area contributed by atoms with Crippen molar-refractivity contribution in [3.8, 4) is 5.75 Å². The van der Waals surface area contributed by atoms with E-state index in [1.165, 1.54) is 0 Å². The fourth-order valence-electron chi connectivity index (χ4n) is 2.72. The third-order valence-corrected chi connectivity index (χ3v) is 4.68. The van der Waals surface area contributed by atoms with Crippen LogP contribution in [0.25, 0.3) is 4.85 Å². The second-order valence-corrected chi connectivity index (χ2v) is 8.27. The maximum Gasteiger partial charge on any atom is 0.296 e. The number of carbonyl (C=O) groups is 3. The fraction of sp³-hybridized carbons (Fsp3) is 0.500. The first-order chi connectivity index (χ1) is 15.7. The van der Waals surface area contributed by atoms with Gasteiger partial charge in [-0.3, -0.25) is 19.3 Å². The molecule has 9 heteroatoms. The highest BCUT2D eigenvalue weighted by Gasteiger charge is 2.32. The van der Waals surface area contributed by atoms with Gasteiger partial charge >= 0.3 is 0 Å². The van der Waals surface area contributed by atoms with Crippen molar-refractivity contribution in [3.05, 3.63) is 47.5 Å². The lowest BCUT2D eigenvalue weighted by atomic mass is 9.89.